The Balaban J connectivity index is 1.71. The molecule has 36 heavy (non-hydrogen) atoms. The molecule has 8 nitrogen and oxygen atoms in total. The van der Waals surface area contributed by atoms with Crippen LogP contribution >= 0.6 is 0 Å². The minimum Gasteiger partial charge on any atom is -0.493 e. The smallest absolute Gasteiger partial charge is 0.343 e. The quantitative estimate of drug-likeness (QED) is 0.330. The lowest BCUT2D eigenvalue weighted by Gasteiger charge is -2.13. The molecule has 0 spiro atoms. The second-order valence-corrected chi connectivity index (χ2v) is 8.99. The Bertz CT molecular complexity index is 1410. The number of para-hydroxylation sites is 1. The summed E-state index contributed by atoms with van der Waals surface area (Å²) in [5.74, 6) is 0.780. The number of nitrogens with one attached hydrogen (secondary N) is 1. The summed E-state index contributed by atoms with van der Waals surface area (Å²) >= 11 is 0. The van der Waals surface area contributed by atoms with Gasteiger partial charge in [0, 0.05) is 10.9 Å². The monoisotopic (exact) mass is 486 g/mol. The van der Waals surface area contributed by atoms with Crippen LogP contribution in [0.25, 0.3) is 16.7 Å². The number of anilines is 1. The number of fused-ring (bicyclic) bond motifs is 1. The third kappa shape index (κ3) is 5.22. The van der Waals surface area contributed by atoms with E-state index in [1.807, 2.05) is 38.1 Å². The summed E-state index contributed by atoms with van der Waals surface area (Å²) in [4.78, 5) is 30.6. The number of hydrogen-bond donors (Lipinski definition) is 1. The molecular weight excluding hydrogens is 456 g/mol. The molecule has 4 aromatic rings. The van der Waals surface area contributed by atoms with Crippen LogP contribution in [0.3, 0.4) is 0 Å². The number of nitrogens with zero attached hydrogens (tertiary/aromatic N) is 3. The van der Waals surface area contributed by atoms with Crippen LogP contribution in [-0.4, -0.2) is 39.9 Å². The van der Waals surface area contributed by atoms with E-state index >= 15 is 0 Å². The van der Waals surface area contributed by atoms with Gasteiger partial charge in [-0.1, -0.05) is 32.0 Å². The van der Waals surface area contributed by atoms with E-state index in [9.17, 15) is 9.59 Å². The number of carbonyl (C=O) groups is 2. The van der Waals surface area contributed by atoms with Gasteiger partial charge >= 0.3 is 5.97 Å². The summed E-state index contributed by atoms with van der Waals surface area (Å²) < 4.78 is 12.4. The van der Waals surface area contributed by atoms with E-state index in [1.165, 1.54) is 10.9 Å². The Labute approximate surface area is 210 Å². The number of benzene rings is 2. The number of rotatable bonds is 8. The van der Waals surface area contributed by atoms with Crippen molar-refractivity contribution in [1.29, 1.82) is 0 Å². The lowest BCUT2D eigenvalue weighted by atomic mass is 10.1. The molecule has 0 saturated carbocycles. The number of hydrogen-bond acceptors (Lipinski definition) is 6. The van der Waals surface area contributed by atoms with E-state index in [2.05, 4.69) is 24.3 Å². The number of carbonyl (C=O) groups excluding carboxylic acids is 2. The van der Waals surface area contributed by atoms with Crippen LogP contribution in [0, 0.1) is 19.8 Å². The van der Waals surface area contributed by atoms with Crippen LogP contribution in [0.5, 0.6) is 5.75 Å². The Hall–Kier alpha value is -4.20. The highest BCUT2D eigenvalue weighted by Gasteiger charge is 2.23. The summed E-state index contributed by atoms with van der Waals surface area (Å²) in [5, 5.41) is 8.26. The maximum atomic E-state index is 13.2. The van der Waals surface area contributed by atoms with Crippen LogP contribution in [-0.2, 0) is 4.74 Å². The molecule has 2 aromatic carbocycles. The van der Waals surface area contributed by atoms with Crippen molar-refractivity contribution in [2.24, 2.45) is 5.92 Å². The predicted molar refractivity (Wildman–Crippen MR) is 139 cm³/mol. The van der Waals surface area contributed by atoms with Crippen LogP contribution in [0.1, 0.15) is 52.6 Å². The lowest BCUT2D eigenvalue weighted by molar-refractivity contribution is 0.0527. The molecule has 0 fully saturated rings. The summed E-state index contributed by atoms with van der Waals surface area (Å²) in [6.07, 6.45) is 1.38. The van der Waals surface area contributed by atoms with Gasteiger partial charge in [0.15, 0.2) is 11.6 Å². The zero-order chi connectivity index (χ0) is 25.8. The molecular formula is C28H30N4O4. The van der Waals surface area contributed by atoms with Gasteiger partial charge in [0.2, 0.25) is 0 Å². The molecule has 0 aliphatic carbocycles. The van der Waals surface area contributed by atoms with Gasteiger partial charge in [-0.05, 0) is 68.1 Å². The highest BCUT2D eigenvalue weighted by Crippen LogP contribution is 2.26. The van der Waals surface area contributed by atoms with Crippen LogP contribution < -0.4 is 10.1 Å². The molecule has 1 amide bonds. The molecule has 2 heterocycles. The van der Waals surface area contributed by atoms with Gasteiger partial charge < -0.3 is 14.8 Å². The minimum absolute atomic E-state index is 0.145. The highest BCUT2D eigenvalue weighted by molar-refractivity contribution is 6.07. The maximum Gasteiger partial charge on any atom is 0.343 e. The van der Waals surface area contributed by atoms with Gasteiger partial charge in [0.05, 0.1) is 24.9 Å². The van der Waals surface area contributed by atoms with E-state index in [-0.39, 0.29) is 18.0 Å². The highest BCUT2D eigenvalue weighted by atomic mass is 16.5. The Morgan fingerprint density at radius 3 is 2.50 bits per heavy atom. The average molecular weight is 487 g/mol. The van der Waals surface area contributed by atoms with E-state index < -0.39 is 11.9 Å². The van der Waals surface area contributed by atoms with Gasteiger partial charge in [-0.25, -0.2) is 9.78 Å². The molecule has 0 aliphatic rings. The number of aromatic nitrogens is 3. The van der Waals surface area contributed by atoms with Crippen molar-refractivity contribution in [3.05, 3.63) is 77.0 Å². The largest absolute Gasteiger partial charge is 0.493 e. The third-order valence-corrected chi connectivity index (χ3v) is 5.65. The second kappa shape index (κ2) is 10.6. The molecule has 0 atom stereocenters. The van der Waals surface area contributed by atoms with Crippen molar-refractivity contribution >= 4 is 28.6 Å². The SMILES string of the molecule is CCOC(=O)c1cnn(-c2cc(C)c3cccc(C)c3n2)c1NC(=O)c1ccc(OCC(C)C)cc1. The molecule has 186 valence electrons. The fourth-order valence-corrected chi connectivity index (χ4v) is 3.80. The number of esters is 1. The Kier molecular flexibility index (Phi) is 7.33. The first kappa shape index (κ1) is 24.9. The number of aryl methyl sites for hydroxylation is 2. The van der Waals surface area contributed by atoms with Gasteiger partial charge in [0.1, 0.15) is 11.3 Å². The molecule has 8 heteroatoms. The first-order valence-electron chi connectivity index (χ1n) is 11.9. The zero-order valence-corrected chi connectivity index (χ0v) is 21.2. The molecule has 1 N–H and O–H groups in total. The predicted octanol–water partition coefficient (Wildman–Crippen LogP) is 5.50. The Morgan fingerprint density at radius 1 is 1.06 bits per heavy atom. The van der Waals surface area contributed by atoms with Gasteiger partial charge in [-0.3, -0.25) is 4.79 Å². The molecule has 0 saturated heterocycles. The summed E-state index contributed by atoms with van der Waals surface area (Å²) in [6.45, 7) is 10.6. The van der Waals surface area contributed by atoms with Gasteiger partial charge in [-0.2, -0.15) is 9.78 Å². The van der Waals surface area contributed by atoms with E-state index in [0.29, 0.717) is 29.7 Å². The van der Waals surface area contributed by atoms with E-state index in [0.717, 1.165) is 22.0 Å². The first-order chi connectivity index (χ1) is 17.3. The van der Waals surface area contributed by atoms with Crippen molar-refractivity contribution < 1.29 is 19.1 Å². The maximum absolute atomic E-state index is 13.2. The fourth-order valence-electron chi connectivity index (χ4n) is 3.80. The lowest BCUT2D eigenvalue weighted by Crippen LogP contribution is -2.18. The molecule has 2 aromatic heterocycles. The molecule has 0 unspecified atom stereocenters. The van der Waals surface area contributed by atoms with Crippen LogP contribution in [0.15, 0.2) is 54.7 Å². The van der Waals surface area contributed by atoms with Gasteiger partial charge in [-0.15, -0.1) is 0 Å². The Morgan fingerprint density at radius 2 is 1.81 bits per heavy atom. The van der Waals surface area contributed by atoms with Crippen molar-refractivity contribution in [3.63, 3.8) is 0 Å². The zero-order valence-electron chi connectivity index (χ0n) is 21.2. The molecule has 0 bridgehead atoms. The van der Waals surface area contributed by atoms with Crippen LogP contribution in [0.2, 0.25) is 0 Å². The second-order valence-electron chi connectivity index (χ2n) is 8.99. The number of ether oxygens (including phenoxy) is 2. The summed E-state index contributed by atoms with van der Waals surface area (Å²) in [7, 11) is 0. The van der Waals surface area contributed by atoms with Gasteiger partial charge in [0.25, 0.3) is 5.91 Å². The standard InChI is InChI=1S/C28H30N4O4/c1-6-35-28(34)23-15-29-32(24-14-19(5)22-9-7-8-18(4)25(22)30-24)26(23)31-27(33)20-10-12-21(13-11-20)36-16-17(2)3/h7-15,17H,6,16H2,1-5H3,(H,31,33). The summed E-state index contributed by atoms with van der Waals surface area (Å²) in [5.41, 5.74) is 3.40. The minimum atomic E-state index is -0.579. The summed E-state index contributed by atoms with van der Waals surface area (Å²) in [6, 6.07) is 14.7. The van der Waals surface area contributed by atoms with Crippen molar-refractivity contribution in [2.45, 2.75) is 34.6 Å². The topological polar surface area (TPSA) is 95.3 Å². The van der Waals surface area contributed by atoms with E-state index in [4.69, 9.17) is 14.5 Å². The molecule has 0 radical (unpaired) electrons. The number of pyridine rings is 1. The van der Waals surface area contributed by atoms with E-state index in [1.54, 1.807) is 31.2 Å². The normalized spacial score (nSPS) is 11.1. The van der Waals surface area contributed by atoms with Crippen LogP contribution in [0.4, 0.5) is 5.82 Å². The first-order valence-corrected chi connectivity index (χ1v) is 11.9. The van der Waals surface area contributed by atoms with Crippen molar-refractivity contribution in [2.75, 3.05) is 18.5 Å². The fraction of sp³-hybridized carbons (Fsp3) is 0.286. The third-order valence-electron chi connectivity index (χ3n) is 5.65. The molecule has 4 rings (SSSR count). The number of amides is 1. The van der Waals surface area contributed by atoms with Crippen molar-refractivity contribution in [3.8, 4) is 11.6 Å². The average Bonchev–Trinajstić information content (AvgIpc) is 3.27. The van der Waals surface area contributed by atoms with Crippen molar-refractivity contribution in [1.82, 2.24) is 14.8 Å². The molecule has 0 aliphatic heterocycles.